The summed E-state index contributed by atoms with van der Waals surface area (Å²) < 4.78 is 38.9. The molecule has 2 aromatic heterocycles. The minimum atomic E-state index is -3.78. The van der Waals surface area contributed by atoms with Gasteiger partial charge < -0.3 is 10.2 Å². The van der Waals surface area contributed by atoms with Gasteiger partial charge in [0.15, 0.2) is 0 Å². The quantitative estimate of drug-likeness (QED) is 0.387. The number of carbonyl (C=O) groups excluding carboxylic acids is 2. The molecule has 3 amide bonds. The first-order valence-electron chi connectivity index (χ1n) is 9.90. The van der Waals surface area contributed by atoms with E-state index in [1.54, 1.807) is 26.0 Å². The second-order valence-electron chi connectivity index (χ2n) is 7.74. The van der Waals surface area contributed by atoms with Crippen LogP contribution in [0.5, 0.6) is 0 Å². The number of urea groups is 1. The fourth-order valence-electron chi connectivity index (χ4n) is 3.27. The van der Waals surface area contributed by atoms with Gasteiger partial charge in [0.25, 0.3) is 5.91 Å². The summed E-state index contributed by atoms with van der Waals surface area (Å²) in [5.41, 5.74) is -0.419. The second kappa shape index (κ2) is 8.52. The molecular weight excluding hydrogens is 469 g/mol. The van der Waals surface area contributed by atoms with E-state index in [1.807, 2.05) is 0 Å². The third-order valence-electron chi connectivity index (χ3n) is 5.19. The molecule has 0 atom stereocenters. The fourth-order valence-corrected chi connectivity index (χ4v) is 5.95. The first-order chi connectivity index (χ1) is 15.6. The zero-order valence-electron chi connectivity index (χ0n) is 17.7. The molecule has 0 unspecified atom stereocenters. The molecule has 3 heterocycles. The van der Waals surface area contributed by atoms with Crippen molar-refractivity contribution in [3.05, 3.63) is 54.5 Å². The Balaban J connectivity index is 1.46. The molecule has 1 aromatic carbocycles. The highest BCUT2D eigenvalue weighted by Gasteiger charge is 2.45. The van der Waals surface area contributed by atoms with Crippen LogP contribution in [-0.2, 0) is 14.6 Å². The normalized spacial score (nSPS) is 15.5. The number of nitrogens with one attached hydrogen (secondary N) is 2. The number of aromatic nitrogens is 2. The molecule has 9 nitrogen and oxygen atoms in total. The van der Waals surface area contributed by atoms with Crippen LogP contribution in [-0.4, -0.2) is 53.9 Å². The molecule has 0 bridgehead atoms. The standard InChI is InChI=1S/C21H20FN5O4S2/c1-21(2)18(28)26-20(29)27(21)12-11-24-19-23-10-9-15(25-19)16-7-8-17(32-16)33(30,31)14-5-3-13(22)4-6-14/h3-10H,11-12H2,1-2H3,(H,23,24,25)(H,26,28,29). The molecule has 3 aromatic rings. The molecule has 4 rings (SSSR count). The van der Waals surface area contributed by atoms with E-state index in [-0.39, 0.29) is 21.6 Å². The van der Waals surface area contributed by atoms with Gasteiger partial charge >= 0.3 is 6.03 Å². The Labute approximate surface area is 193 Å². The van der Waals surface area contributed by atoms with Crippen molar-refractivity contribution in [2.24, 2.45) is 0 Å². The van der Waals surface area contributed by atoms with E-state index in [0.29, 0.717) is 23.1 Å². The van der Waals surface area contributed by atoms with Gasteiger partial charge in [0.05, 0.1) is 15.5 Å². The number of nitrogens with zero attached hydrogens (tertiary/aromatic N) is 3. The summed E-state index contributed by atoms with van der Waals surface area (Å²) in [4.78, 5) is 34.4. The van der Waals surface area contributed by atoms with E-state index in [4.69, 9.17) is 0 Å². The van der Waals surface area contributed by atoms with Gasteiger partial charge in [-0.2, -0.15) is 0 Å². The lowest BCUT2D eigenvalue weighted by Crippen LogP contribution is -2.46. The number of anilines is 1. The molecular formula is C21H20FN5O4S2. The van der Waals surface area contributed by atoms with Gasteiger partial charge in [-0.15, -0.1) is 11.3 Å². The Kier molecular flexibility index (Phi) is 5.89. The smallest absolute Gasteiger partial charge is 0.325 e. The largest absolute Gasteiger partial charge is 0.352 e. The highest BCUT2D eigenvalue weighted by atomic mass is 32.2. The second-order valence-corrected chi connectivity index (χ2v) is 11.0. The van der Waals surface area contributed by atoms with Crippen LogP contribution in [0.3, 0.4) is 0 Å². The molecule has 0 aliphatic carbocycles. The number of thiophene rings is 1. The lowest BCUT2D eigenvalue weighted by molar-refractivity contribution is -0.125. The van der Waals surface area contributed by atoms with Crippen LogP contribution in [0.1, 0.15) is 13.8 Å². The van der Waals surface area contributed by atoms with Crippen molar-refractivity contribution in [3.8, 4) is 10.6 Å². The van der Waals surface area contributed by atoms with Crippen molar-refractivity contribution >= 4 is 39.1 Å². The molecule has 1 aliphatic heterocycles. The highest BCUT2D eigenvalue weighted by Crippen LogP contribution is 2.33. The van der Waals surface area contributed by atoms with Crippen LogP contribution in [0.2, 0.25) is 0 Å². The van der Waals surface area contributed by atoms with Crippen molar-refractivity contribution in [1.82, 2.24) is 20.2 Å². The third kappa shape index (κ3) is 4.44. The molecule has 2 N–H and O–H groups in total. The van der Waals surface area contributed by atoms with Crippen molar-refractivity contribution in [2.75, 3.05) is 18.4 Å². The van der Waals surface area contributed by atoms with Crippen molar-refractivity contribution in [3.63, 3.8) is 0 Å². The fraction of sp³-hybridized carbons (Fsp3) is 0.238. The summed E-state index contributed by atoms with van der Waals surface area (Å²) in [5, 5.41) is 5.31. The Bertz CT molecular complexity index is 1320. The Hall–Kier alpha value is -3.38. The van der Waals surface area contributed by atoms with Gasteiger partial charge in [-0.1, -0.05) is 0 Å². The van der Waals surface area contributed by atoms with Gasteiger partial charge in [0, 0.05) is 19.3 Å². The number of benzene rings is 1. The predicted molar refractivity (Wildman–Crippen MR) is 120 cm³/mol. The van der Waals surface area contributed by atoms with Gasteiger partial charge in [0.2, 0.25) is 15.8 Å². The van der Waals surface area contributed by atoms with Crippen LogP contribution in [0, 0.1) is 5.82 Å². The van der Waals surface area contributed by atoms with Crippen molar-refractivity contribution < 1.29 is 22.4 Å². The average Bonchev–Trinajstić information content (AvgIpc) is 3.34. The van der Waals surface area contributed by atoms with Crippen LogP contribution in [0.4, 0.5) is 15.1 Å². The van der Waals surface area contributed by atoms with E-state index in [0.717, 1.165) is 23.5 Å². The summed E-state index contributed by atoms with van der Waals surface area (Å²) in [6.45, 7) is 3.90. The van der Waals surface area contributed by atoms with Gasteiger partial charge in [-0.3, -0.25) is 10.1 Å². The van der Waals surface area contributed by atoms with E-state index >= 15 is 0 Å². The number of halogens is 1. The molecule has 1 fully saturated rings. The number of carbonyl (C=O) groups is 2. The van der Waals surface area contributed by atoms with E-state index in [1.165, 1.54) is 29.3 Å². The number of imide groups is 1. The number of rotatable bonds is 7. The number of amides is 3. The minimum Gasteiger partial charge on any atom is -0.352 e. The SMILES string of the molecule is CC1(C)C(=O)NC(=O)N1CCNc1nccc(-c2ccc(S(=O)(=O)c3ccc(F)cc3)s2)n1. The highest BCUT2D eigenvalue weighted by molar-refractivity contribution is 7.93. The Morgan fingerprint density at radius 2 is 1.85 bits per heavy atom. The summed E-state index contributed by atoms with van der Waals surface area (Å²) in [6.07, 6.45) is 1.54. The summed E-state index contributed by atoms with van der Waals surface area (Å²) in [6, 6.07) is 9.00. The van der Waals surface area contributed by atoms with Crippen LogP contribution in [0.15, 0.2) is 57.8 Å². The zero-order valence-corrected chi connectivity index (χ0v) is 19.3. The maximum atomic E-state index is 13.1. The van der Waals surface area contributed by atoms with Crippen LogP contribution < -0.4 is 10.6 Å². The number of hydrogen-bond acceptors (Lipinski definition) is 8. The molecule has 0 spiro atoms. The van der Waals surface area contributed by atoms with Crippen LogP contribution in [0.25, 0.3) is 10.6 Å². The van der Waals surface area contributed by atoms with Gasteiger partial charge in [0.1, 0.15) is 15.6 Å². The van der Waals surface area contributed by atoms with E-state index in [9.17, 15) is 22.4 Å². The molecule has 172 valence electrons. The monoisotopic (exact) mass is 489 g/mol. The molecule has 12 heteroatoms. The Morgan fingerprint density at radius 1 is 1.12 bits per heavy atom. The van der Waals surface area contributed by atoms with E-state index < -0.39 is 27.2 Å². The van der Waals surface area contributed by atoms with Crippen LogP contribution >= 0.6 is 11.3 Å². The average molecular weight is 490 g/mol. The first-order valence-corrected chi connectivity index (χ1v) is 12.2. The number of hydrogen-bond donors (Lipinski definition) is 2. The Morgan fingerprint density at radius 3 is 2.52 bits per heavy atom. The molecule has 0 radical (unpaired) electrons. The predicted octanol–water partition coefficient (Wildman–Crippen LogP) is 2.92. The van der Waals surface area contributed by atoms with Gasteiger partial charge in [-0.05, 0) is 56.3 Å². The maximum absolute atomic E-state index is 13.1. The summed E-state index contributed by atoms with van der Waals surface area (Å²) in [7, 11) is -3.78. The summed E-state index contributed by atoms with van der Waals surface area (Å²) in [5.74, 6) is -0.565. The zero-order chi connectivity index (χ0) is 23.8. The third-order valence-corrected chi connectivity index (χ3v) is 8.56. The minimum absolute atomic E-state index is 0.00898. The molecule has 33 heavy (non-hydrogen) atoms. The van der Waals surface area contributed by atoms with Crippen molar-refractivity contribution in [2.45, 2.75) is 28.5 Å². The van der Waals surface area contributed by atoms with Gasteiger partial charge in [-0.25, -0.2) is 27.6 Å². The molecule has 1 saturated heterocycles. The lowest BCUT2D eigenvalue weighted by Gasteiger charge is -2.27. The lowest BCUT2D eigenvalue weighted by atomic mass is 10.0. The van der Waals surface area contributed by atoms with Crippen molar-refractivity contribution in [1.29, 1.82) is 0 Å². The topological polar surface area (TPSA) is 121 Å². The van der Waals surface area contributed by atoms with E-state index in [2.05, 4.69) is 20.6 Å². The summed E-state index contributed by atoms with van der Waals surface area (Å²) >= 11 is 1.05. The maximum Gasteiger partial charge on any atom is 0.325 e. The number of sulfone groups is 1. The first kappa shape index (κ1) is 22.8. The molecule has 1 aliphatic rings. The molecule has 0 saturated carbocycles.